The van der Waals surface area contributed by atoms with Crippen LogP contribution in [0.25, 0.3) is 0 Å². The smallest absolute Gasteiger partial charge is 0.309 e. The molecule has 1 saturated heterocycles. The number of hydrogen-bond acceptors (Lipinski definition) is 6. The van der Waals surface area contributed by atoms with Crippen LogP contribution in [-0.2, 0) is 24.3 Å². The molecule has 1 aromatic carbocycles. The van der Waals surface area contributed by atoms with Crippen LogP contribution < -0.4 is 4.90 Å². The molecule has 1 heterocycles. The minimum absolute atomic E-state index is 0.0705. The number of hydrogen-bond donors (Lipinski definition) is 0. The summed E-state index contributed by atoms with van der Waals surface area (Å²) in [5, 5.41) is 8.77. The Hall–Kier alpha value is -2.51. The number of benzene rings is 1. The first-order chi connectivity index (χ1) is 13.2. The van der Waals surface area contributed by atoms with Crippen molar-refractivity contribution in [1.29, 1.82) is 5.26 Å². The lowest BCUT2D eigenvalue weighted by atomic mass is 9.98. The molecule has 152 valence electrons. The summed E-state index contributed by atoms with van der Waals surface area (Å²) in [4.78, 5) is 25.9. The highest BCUT2D eigenvalue weighted by Crippen LogP contribution is 2.21. The molecule has 0 bridgehead atoms. The molecule has 0 aliphatic carbocycles. The molecule has 1 fully saturated rings. The van der Waals surface area contributed by atoms with Gasteiger partial charge in [0.05, 0.1) is 24.7 Å². The first-order valence-corrected chi connectivity index (χ1v) is 10.6. The van der Waals surface area contributed by atoms with Gasteiger partial charge in [0.1, 0.15) is 5.82 Å². The van der Waals surface area contributed by atoms with Crippen molar-refractivity contribution in [2.75, 3.05) is 37.4 Å². The minimum atomic E-state index is -3.29. The number of amides is 1. The second-order valence-corrected chi connectivity index (χ2v) is 8.46. The Morgan fingerprint density at radius 1 is 1.29 bits per heavy atom. The van der Waals surface area contributed by atoms with E-state index >= 15 is 0 Å². The average Bonchev–Trinajstić information content (AvgIpc) is 2.67. The lowest BCUT2D eigenvalue weighted by Gasteiger charge is -2.29. The summed E-state index contributed by atoms with van der Waals surface area (Å²) < 4.78 is 42.5. The Morgan fingerprint density at radius 2 is 1.89 bits per heavy atom. The van der Waals surface area contributed by atoms with Crippen LogP contribution in [0.1, 0.15) is 19.3 Å². The Balaban J connectivity index is 1.92. The molecule has 0 spiro atoms. The third-order valence-electron chi connectivity index (χ3n) is 4.48. The standard InChI is InChI=1S/C18H22FN3O5S/c1-28(25,26)21-11-7-14(8-12-21)18(24)27-13-17(23)22(10-2-9-20)16-5-3-15(19)4-6-16/h3-6,14H,2,7-8,10-13H2,1H3. The molecule has 28 heavy (non-hydrogen) atoms. The van der Waals surface area contributed by atoms with Crippen LogP contribution in [0.5, 0.6) is 0 Å². The third-order valence-corrected chi connectivity index (χ3v) is 5.78. The number of carbonyl (C=O) groups is 2. The molecule has 8 nitrogen and oxygen atoms in total. The van der Waals surface area contributed by atoms with Crippen molar-refractivity contribution in [2.24, 2.45) is 5.92 Å². The summed E-state index contributed by atoms with van der Waals surface area (Å²) in [6.07, 6.45) is 1.85. The van der Waals surface area contributed by atoms with Crippen molar-refractivity contribution in [1.82, 2.24) is 4.31 Å². The summed E-state index contributed by atoms with van der Waals surface area (Å²) in [5.74, 6) is -2.00. The molecule has 1 aromatic rings. The number of piperidine rings is 1. The Bertz CT molecular complexity index is 843. The van der Waals surface area contributed by atoms with Gasteiger partial charge in [-0.2, -0.15) is 5.26 Å². The van der Waals surface area contributed by atoms with E-state index in [2.05, 4.69) is 0 Å². The van der Waals surface area contributed by atoms with Gasteiger partial charge in [0.2, 0.25) is 10.0 Å². The number of nitrogens with zero attached hydrogens (tertiary/aromatic N) is 3. The van der Waals surface area contributed by atoms with E-state index in [-0.39, 0.29) is 26.1 Å². The molecule has 1 aliphatic rings. The second-order valence-electron chi connectivity index (χ2n) is 6.47. The number of anilines is 1. The van der Waals surface area contributed by atoms with Crippen LogP contribution in [0.3, 0.4) is 0 Å². The molecule has 0 radical (unpaired) electrons. The number of halogens is 1. The van der Waals surface area contributed by atoms with Crippen molar-refractivity contribution < 1.29 is 27.1 Å². The van der Waals surface area contributed by atoms with Gasteiger partial charge in [-0.05, 0) is 37.1 Å². The van der Waals surface area contributed by atoms with E-state index in [1.165, 1.54) is 33.5 Å². The fourth-order valence-corrected chi connectivity index (χ4v) is 3.81. The summed E-state index contributed by atoms with van der Waals surface area (Å²) in [5.41, 5.74) is 0.402. The predicted molar refractivity (Wildman–Crippen MR) is 99.1 cm³/mol. The van der Waals surface area contributed by atoms with E-state index in [0.29, 0.717) is 18.5 Å². The van der Waals surface area contributed by atoms with E-state index < -0.39 is 40.2 Å². The number of rotatable bonds is 7. The highest BCUT2D eigenvalue weighted by atomic mass is 32.2. The molecular formula is C18H22FN3O5S. The van der Waals surface area contributed by atoms with Crippen molar-refractivity contribution in [3.05, 3.63) is 30.1 Å². The van der Waals surface area contributed by atoms with Gasteiger partial charge in [0.25, 0.3) is 5.91 Å². The van der Waals surface area contributed by atoms with Gasteiger partial charge in [-0.3, -0.25) is 9.59 Å². The lowest BCUT2D eigenvalue weighted by Crippen LogP contribution is -2.41. The van der Waals surface area contributed by atoms with Gasteiger partial charge >= 0.3 is 5.97 Å². The molecule has 1 amide bonds. The maximum absolute atomic E-state index is 13.1. The van der Waals surface area contributed by atoms with E-state index in [1.807, 2.05) is 6.07 Å². The summed E-state index contributed by atoms with van der Waals surface area (Å²) >= 11 is 0. The zero-order chi connectivity index (χ0) is 20.7. The number of esters is 1. The van der Waals surface area contributed by atoms with Crippen LogP contribution in [0.2, 0.25) is 0 Å². The SMILES string of the molecule is CS(=O)(=O)N1CCC(C(=O)OCC(=O)N(CCC#N)c2ccc(F)cc2)CC1. The quantitative estimate of drug-likeness (QED) is 0.626. The molecular weight excluding hydrogens is 389 g/mol. The normalized spacial score (nSPS) is 15.6. The Labute approximate surface area is 163 Å². The second kappa shape index (κ2) is 9.61. The first-order valence-electron chi connectivity index (χ1n) is 8.77. The van der Waals surface area contributed by atoms with Gasteiger partial charge < -0.3 is 9.64 Å². The molecule has 2 rings (SSSR count). The molecule has 0 N–H and O–H groups in total. The van der Waals surface area contributed by atoms with Gasteiger partial charge in [0, 0.05) is 25.3 Å². The van der Waals surface area contributed by atoms with Crippen LogP contribution in [0.4, 0.5) is 10.1 Å². The van der Waals surface area contributed by atoms with Crippen molar-refractivity contribution in [2.45, 2.75) is 19.3 Å². The number of nitriles is 1. The third kappa shape index (κ3) is 6.00. The van der Waals surface area contributed by atoms with Crippen LogP contribution in [0, 0.1) is 23.1 Å². The van der Waals surface area contributed by atoms with E-state index in [1.54, 1.807) is 0 Å². The fourth-order valence-electron chi connectivity index (χ4n) is 2.93. The van der Waals surface area contributed by atoms with Gasteiger partial charge in [-0.25, -0.2) is 17.1 Å². The minimum Gasteiger partial charge on any atom is -0.455 e. The van der Waals surface area contributed by atoms with Gasteiger partial charge in [-0.1, -0.05) is 0 Å². The van der Waals surface area contributed by atoms with E-state index in [9.17, 15) is 22.4 Å². The zero-order valence-electron chi connectivity index (χ0n) is 15.5. The molecule has 1 aliphatic heterocycles. The van der Waals surface area contributed by atoms with Crippen LogP contribution >= 0.6 is 0 Å². The van der Waals surface area contributed by atoms with Gasteiger partial charge in [-0.15, -0.1) is 0 Å². The van der Waals surface area contributed by atoms with Crippen LogP contribution in [0.15, 0.2) is 24.3 Å². The largest absolute Gasteiger partial charge is 0.455 e. The Morgan fingerprint density at radius 3 is 2.43 bits per heavy atom. The van der Waals surface area contributed by atoms with Crippen LogP contribution in [-0.4, -0.2) is 57.1 Å². The fraction of sp³-hybridized carbons (Fsp3) is 0.500. The monoisotopic (exact) mass is 411 g/mol. The van der Waals surface area contributed by atoms with Gasteiger partial charge in [0.15, 0.2) is 6.61 Å². The highest BCUT2D eigenvalue weighted by Gasteiger charge is 2.30. The summed E-state index contributed by atoms with van der Waals surface area (Å²) in [6.45, 7) is 0.0477. The first kappa shape index (κ1) is 21.8. The van der Waals surface area contributed by atoms with Crippen molar-refractivity contribution in [3.8, 4) is 6.07 Å². The number of sulfonamides is 1. The Kier molecular flexibility index (Phi) is 7.48. The predicted octanol–water partition coefficient (Wildman–Crippen LogP) is 1.29. The van der Waals surface area contributed by atoms with E-state index in [0.717, 1.165) is 6.26 Å². The maximum atomic E-state index is 13.1. The van der Waals surface area contributed by atoms with Crippen molar-refractivity contribution >= 4 is 27.6 Å². The maximum Gasteiger partial charge on any atom is 0.309 e. The van der Waals surface area contributed by atoms with E-state index in [4.69, 9.17) is 10.00 Å². The number of carbonyl (C=O) groups excluding carboxylic acids is 2. The highest BCUT2D eigenvalue weighted by molar-refractivity contribution is 7.88. The molecule has 0 unspecified atom stereocenters. The summed E-state index contributed by atoms with van der Waals surface area (Å²) in [7, 11) is -3.29. The average molecular weight is 411 g/mol. The molecule has 10 heteroatoms. The van der Waals surface area contributed by atoms with Crippen molar-refractivity contribution in [3.63, 3.8) is 0 Å². The number of ether oxygens (including phenoxy) is 1. The molecule has 0 aromatic heterocycles. The lowest BCUT2D eigenvalue weighted by molar-refractivity contribution is -0.153. The zero-order valence-corrected chi connectivity index (χ0v) is 16.3. The summed E-state index contributed by atoms with van der Waals surface area (Å²) in [6, 6.07) is 7.15. The topological polar surface area (TPSA) is 108 Å². The molecule has 0 saturated carbocycles. The molecule has 0 atom stereocenters.